The van der Waals surface area contributed by atoms with Crippen molar-refractivity contribution in [1.29, 1.82) is 0 Å². The van der Waals surface area contributed by atoms with Gasteiger partial charge < -0.3 is 10.5 Å². The molecule has 0 saturated carbocycles. The highest BCUT2D eigenvalue weighted by molar-refractivity contribution is 5.67. The molecule has 0 fully saturated rings. The van der Waals surface area contributed by atoms with E-state index in [1.807, 2.05) is 51.1 Å². The Hall–Kier alpha value is -1.87. The largest absolute Gasteiger partial charge is 0.493 e. The van der Waals surface area contributed by atoms with Crippen molar-refractivity contribution in [1.82, 2.24) is 4.98 Å². The summed E-state index contributed by atoms with van der Waals surface area (Å²) >= 11 is 0. The molecule has 0 atom stereocenters. The fourth-order valence-corrected chi connectivity index (χ4v) is 2.45. The van der Waals surface area contributed by atoms with Crippen LogP contribution in [0.25, 0.3) is 11.3 Å². The van der Waals surface area contributed by atoms with Crippen LogP contribution in [0, 0.1) is 12.8 Å². The highest BCUT2D eigenvalue weighted by atomic mass is 16.5. The quantitative estimate of drug-likeness (QED) is 0.896. The molecule has 2 rings (SSSR count). The summed E-state index contributed by atoms with van der Waals surface area (Å²) in [5, 5.41) is 0. The van der Waals surface area contributed by atoms with Crippen molar-refractivity contribution >= 4 is 0 Å². The molecule has 3 nitrogen and oxygen atoms in total. The van der Waals surface area contributed by atoms with Crippen molar-refractivity contribution in [2.75, 3.05) is 6.61 Å². The lowest BCUT2D eigenvalue weighted by Gasteiger charge is -2.21. The summed E-state index contributed by atoms with van der Waals surface area (Å²) in [5.74, 6) is 1.37. The zero-order valence-corrected chi connectivity index (χ0v) is 14.2. The highest BCUT2D eigenvalue weighted by Gasteiger charge is 2.18. The van der Waals surface area contributed by atoms with Crippen LogP contribution in [0.5, 0.6) is 5.75 Å². The lowest BCUT2D eigenvalue weighted by atomic mass is 9.93. The van der Waals surface area contributed by atoms with E-state index < -0.39 is 0 Å². The Kier molecular flexibility index (Phi) is 4.87. The molecule has 1 aromatic carbocycles. The molecule has 0 saturated heterocycles. The van der Waals surface area contributed by atoms with Crippen LogP contribution in [-0.4, -0.2) is 11.6 Å². The Bertz CT molecular complexity index is 642. The normalized spacial score (nSPS) is 11.8. The first kappa shape index (κ1) is 16.5. The van der Waals surface area contributed by atoms with Crippen molar-refractivity contribution in [3.63, 3.8) is 0 Å². The third kappa shape index (κ3) is 3.86. The van der Waals surface area contributed by atoms with Gasteiger partial charge in [-0.1, -0.05) is 32.0 Å². The predicted octanol–water partition coefficient (Wildman–Crippen LogP) is 4.29. The Balaban J connectivity index is 2.38. The number of para-hydroxylation sites is 1. The maximum atomic E-state index is 6.19. The van der Waals surface area contributed by atoms with Crippen LogP contribution in [0.2, 0.25) is 0 Å². The van der Waals surface area contributed by atoms with Gasteiger partial charge in [0.1, 0.15) is 5.75 Å². The molecular formula is C19H26N2O. The number of pyridine rings is 1. The molecule has 0 spiro atoms. The fraction of sp³-hybridized carbons (Fsp3) is 0.421. The number of aromatic nitrogens is 1. The van der Waals surface area contributed by atoms with Gasteiger partial charge in [0.15, 0.2) is 0 Å². The van der Waals surface area contributed by atoms with Crippen molar-refractivity contribution in [2.24, 2.45) is 11.7 Å². The first-order valence-corrected chi connectivity index (χ1v) is 7.78. The van der Waals surface area contributed by atoms with E-state index in [-0.39, 0.29) is 5.54 Å². The van der Waals surface area contributed by atoms with E-state index in [1.165, 1.54) is 0 Å². The van der Waals surface area contributed by atoms with E-state index in [0.29, 0.717) is 12.5 Å². The summed E-state index contributed by atoms with van der Waals surface area (Å²) in [6.45, 7) is 11.0. The summed E-state index contributed by atoms with van der Waals surface area (Å²) in [6, 6.07) is 12.1. The van der Waals surface area contributed by atoms with Gasteiger partial charge in [0.25, 0.3) is 0 Å². The van der Waals surface area contributed by atoms with E-state index in [0.717, 1.165) is 28.3 Å². The summed E-state index contributed by atoms with van der Waals surface area (Å²) in [4.78, 5) is 4.74. The Morgan fingerprint density at radius 3 is 2.41 bits per heavy atom. The fourth-order valence-electron chi connectivity index (χ4n) is 2.45. The zero-order chi connectivity index (χ0) is 16.3. The second-order valence-electron chi connectivity index (χ2n) is 6.75. The monoisotopic (exact) mass is 298 g/mol. The van der Waals surface area contributed by atoms with Gasteiger partial charge in [0.05, 0.1) is 12.3 Å². The predicted molar refractivity (Wildman–Crippen MR) is 92.0 cm³/mol. The molecule has 22 heavy (non-hydrogen) atoms. The van der Waals surface area contributed by atoms with Crippen LogP contribution >= 0.6 is 0 Å². The van der Waals surface area contributed by atoms with Crippen LogP contribution in [0.3, 0.4) is 0 Å². The second kappa shape index (κ2) is 6.49. The van der Waals surface area contributed by atoms with Crippen LogP contribution in [-0.2, 0) is 5.54 Å². The SMILES string of the molecule is Cc1nc(-c2ccccc2OCC(C)C)ccc1C(C)(C)N. The Morgan fingerprint density at radius 1 is 1.14 bits per heavy atom. The molecular weight excluding hydrogens is 272 g/mol. The number of aryl methyl sites for hydroxylation is 1. The molecule has 0 radical (unpaired) electrons. The summed E-state index contributed by atoms with van der Waals surface area (Å²) < 4.78 is 5.93. The first-order valence-electron chi connectivity index (χ1n) is 7.78. The van der Waals surface area contributed by atoms with E-state index >= 15 is 0 Å². The summed E-state index contributed by atoms with van der Waals surface area (Å²) in [7, 11) is 0. The Labute approximate surface area is 133 Å². The molecule has 2 N–H and O–H groups in total. The van der Waals surface area contributed by atoms with Gasteiger partial charge >= 0.3 is 0 Å². The molecule has 118 valence electrons. The van der Waals surface area contributed by atoms with E-state index in [2.05, 4.69) is 19.9 Å². The second-order valence-corrected chi connectivity index (χ2v) is 6.75. The lowest BCUT2D eigenvalue weighted by Crippen LogP contribution is -2.29. The molecule has 0 aliphatic heterocycles. The van der Waals surface area contributed by atoms with Crippen LogP contribution in [0.4, 0.5) is 0 Å². The highest BCUT2D eigenvalue weighted by Crippen LogP contribution is 2.30. The van der Waals surface area contributed by atoms with Gasteiger partial charge in [-0.2, -0.15) is 0 Å². The molecule has 3 heteroatoms. The van der Waals surface area contributed by atoms with Gasteiger partial charge in [-0.3, -0.25) is 4.98 Å². The minimum absolute atomic E-state index is 0.386. The Morgan fingerprint density at radius 2 is 1.82 bits per heavy atom. The van der Waals surface area contributed by atoms with Crippen molar-refractivity contribution < 1.29 is 4.74 Å². The smallest absolute Gasteiger partial charge is 0.128 e. The van der Waals surface area contributed by atoms with Gasteiger partial charge in [0.2, 0.25) is 0 Å². The van der Waals surface area contributed by atoms with E-state index in [9.17, 15) is 0 Å². The first-order chi connectivity index (χ1) is 10.3. The standard InChI is InChI=1S/C19H26N2O/c1-13(2)12-22-18-9-7-6-8-15(18)17-11-10-16(14(3)21-17)19(4,5)20/h6-11,13H,12,20H2,1-5H3. The molecule has 1 heterocycles. The zero-order valence-electron chi connectivity index (χ0n) is 14.2. The van der Waals surface area contributed by atoms with Gasteiger partial charge in [-0.15, -0.1) is 0 Å². The van der Waals surface area contributed by atoms with Gasteiger partial charge in [-0.05, 0) is 50.5 Å². The maximum Gasteiger partial charge on any atom is 0.128 e. The van der Waals surface area contributed by atoms with Gasteiger partial charge in [0, 0.05) is 16.8 Å². The molecule has 0 bridgehead atoms. The number of ether oxygens (including phenoxy) is 1. The van der Waals surface area contributed by atoms with Crippen LogP contribution < -0.4 is 10.5 Å². The topological polar surface area (TPSA) is 48.1 Å². The molecule has 2 aromatic rings. The number of hydrogen-bond donors (Lipinski definition) is 1. The van der Waals surface area contributed by atoms with Crippen molar-refractivity contribution in [2.45, 2.75) is 40.2 Å². The minimum atomic E-state index is -0.386. The third-order valence-corrected chi connectivity index (χ3v) is 3.52. The van der Waals surface area contributed by atoms with Crippen molar-refractivity contribution in [3.8, 4) is 17.0 Å². The summed E-state index contributed by atoms with van der Waals surface area (Å²) in [6.07, 6.45) is 0. The molecule has 0 unspecified atom stereocenters. The minimum Gasteiger partial charge on any atom is -0.493 e. The molecule has 1 aromatic heterocycles. The van der Waals surface area contributed by atoms with Crippen LogP contribution in [0.15, 0.2) is 36.4 Å². The van der Waals surface area contributed by atoms with Crippen LogP contribution in [0.1, 0.15) is 39.0 Å². The number of nitrogens with two attached hydrogens (primary N) is 1. The van der Waals surface area contributed by atoms with Gasteiger partial charge in [-0.25, -0.2) is 0 Å². The third-order valence-electron chi connectivity index (χ3n) is 3.52. The molecule has 0 aliphatic rings. The number of nitrogens with zero attached hydrogens (tertiary/aromatic N) is 1. The lowest BCUT2D eigenvalue weighted by molar-refractivity contribution is 0.272. The molecule has 0 amide bonds. The van der Waals surface area contributed by atoms with Crippen molar-refractivity contribution in [3.05, 3.63) is 47.7 Å². The number of rotatable bonds is 5. The number of benzene rings is 1. The number of hydrogen-bond acceptors (Lipinski definition) is 3. The van der Waals surface area contributed by atoms with E-state index in [4.69, 9.17) is 15.5 Å². The molecule has 0 aliphatic carbocycles. The van der Waals surface area contributed by atoms with E-state index in [1.54, 1.807) is 0 Å². The average molecular weight is 298 g/mol. The maximum absolute atomic E-state index is 6.19. The summed E-state index contributed by atoms with van der Waals surface area (Å²) in [5.41, 5.74) is 9.78. The average Bonchev–Trinajstić information content (AvgIpc) is 2.44.